The summed E-state index contributed by atoms with van der Waals surface area (Å²) in [4.78, 5) is 16.7. The van der Waals surface area contributed by atoms with Gasteiger partial charge in [-0.2, -0.15) is 9.97 Å². The predicted octanol–water partition coefficient (Wildman–Crippen LogP) is 1.81. The number of rotatable bonds is 10. The van der Waals surface area contributed by atoms with Crippen LogP contribution in [0.1, 0.15) is 37.2 Å². The molecule has 0 N–H and O–H groups in total. The zero-order valence-electron chi connectivity index (χ0n) is 19.8. The van der Waals surface area contributed by atoms with Gasteiger partial charge in [0.15, 0.2) is 21.3 Å². The van der Waals surface area contributed by atoms with Crippen LogP contribution in [-0.2, 0) is 26.7 Å². The molecule has 3 aromatic heterocycles. The van der Waals surface area contributed by atoms with E-state index in [1.54, 1.807) is 18.4 Å². The molecule has 188 valence electrons. The van der Waals surface area contributed by atoms with Crippen LogP contribution in [0.15, 0.2) is 18.7 Å². The van der Waals surface area contributed by atoms with Gasteiger partial charge in [-0.1, -0.05) is 18.5 Å². The molecule has 0 unspecified atom stereocenters. The van der Waals surface area contributed by atoms with Crippen molar-refractivity contribution in [3.8, 4) is 17.4 Å². The molecule has 14 heteroatoms. The summed E-state index contributed by atoms with van der Waals surface area (Å²) in [6, 6.07) is 0. The van der Waals surface area contributed by atoms with Gasteiger partial charge in [-0.05, 0) is 6.92 Å². The highest BCUT2D eigenvalue weighted by Gasteiger charge is 2.34. The molecule has 1 aliphatic rings. The normalized spacial score (nSPS) is 15.9. The Kier molecular flexibility index (Phi) is 7.47. The SMILES string of the molecule is COc1ncnc(OC)c1-n1c(CC2COC2)nnc1CS(=O)(=O)[C@@H](C)[C@H](C)c1ncc(Cl)cn1. The van der Waals surface area contributed by atoms with Gasteiger partial charge in [-0.3, -0.25) is 4.57 Å². The van der Waals surface area contributed by atoms with Gasteiger partial charge < -0.3 is 14.2 Å². The first-order valence-corrected chi connectivity index (χ1v) is 13.0. The van der Waals surface area contributed by atoms with Crippen LogP contribution in [0.25, 0.3) is 5.69 Å². The zero-order valence-corrected chi connectivity index (χ0v) is 21.3. The van der Waals surface area contributed by atoms with Crippen molar-refractivity contribution in [3.63, 3.8) is 0 Å². The number of ether oxygens (including phenoxy) is 3. The number of methoxy groups -OCH3 is 2. The molecule has 0 spiro atoms. The van der Waals surface area contributed by atoms with Gasteiger partial charge in [0.25, 0.3) is 0 Å². The fraction of sp³-hybridized carbons (Fsp3) is 0.524. The summed E-state index contributed by atoms with van der Waals surface area (Å²) in [7, 11) is -0.811. The van der Waals surface area contributed by atoms with Gasteiger partial charge in [0.2, 0.25) is 11.8 Å². The maximum Gasteiger partial charge on any atom is 0.245 e. The van der Waals surface area contributed by atoms with Crippen molar-refractivity contribution in [2.75, 3.05) is 27.4 Å². The van der Waals surface area contributed by atoms with Crippen molar-refractivity contribution in [3.05, 3.63) is 41.2 Å². The Morgan fingerprint density at radius 3 is 2.20 bits per heavy atom. The lowest BCUT2D eigenvalue weighted by atomic mass is 10.0. The Labute approximate surface area is 208 Å². The Hall–Kier alpha value is -2.90. The van der Waals surface area contributed by atoms with E-state index in [0.717, 1.165) is 0 Å². The summed E-state index contributed by atoms with van der Waals surface area (Å²) in [5.74, 6) is 0.905. The number of sulfone groups is 1. The topological polar surface area (TPSA) is 144 Å². The highest BCUT2D eigenvalue weighted by atomic mass is 35.5. The molecular formula is C21H26ClN7O5S. The molecule has 1 saturated heterocycles. The molecule has 3 aromatic rings. The van der Waals surface area contributed by atoms with Crippen LogP contribution in [0, 0.1) is 5.92 Å². The first-order valence-electron chi connectivity index (χ1n) is 10.9. The van der Waals surface area contributed by atoms with Crippen molar-refractivity contribution in [2.24, 2.45) is 5.92 Å². The highest BCUT2D eigenvalue weighted by Crippen LogP contribution is 2.33. The fourth-order valence-electron chi connectivity index (χ4n) is 3.73. The third kappa shape index (κ3) is 5.21. The molecule has 0 aliphatic carbocycles. The molecule has 1 fully saturated rings. The summed E-state index contributed by atoms with van der Waals surface area (Å²) >= 11 is 5.87. The van der Waals surface area contributed by atoms with Crippen molar-refractivity contribution < 1.29 is 22.6 Å². The average molecular weight is 524 g/mol. The molecule has 4 rings (SSSR count). The lowest BCUT2D eigenvalue weighted by Crippen LogP contribution is -2.30. The third-order valence-electron chi connectivity index (χ3n) is 5.99. The van der Waals surface area contributed by atoms with Gasteiger partial charge in [0.1, 0.15) is 23.7 Å². The number of halogens is 1. The van der Waals surface area contributed by atoms with E-state index in [0.29, 0.717) is 42.0 Å². The van der Waals surface area contributed by atoms with Crippen molar-refractivity contribution in [1.29, 1.82) is 0 Å². The van der Waals surface area contributed by atoms with Gasteiger partial charge in [-0.15, -0.1) is 10.2 Å². The first kappa shape index (κ1) is 25.2. The van der Waals surface area contributed by atoms with E-state index in [-0.39, 0.29) is 29.3 Å². The second-order valence-electron chi connectivity index (χ2n) is 8.28. The summed E-state index contributed by atoms with van der Waals surface area (Å²) in [6.45, 7) is 4.57. The summed E-state index contributed by atoms with van der Waals surface area (Å²) in [5, 5.41) is 8.12. The van der Waals surface area contributed by atoms with Gasteiger partial charge in [0.05, 0.1) is 37.7 Å². The Morgan fingerprint density at radius 2 is 1.66 bits per heavy atom. The standard InChI is InChI=1S/C21H26ClN7O5S/c1-12(19-23-6-15(22)7-24-19)13(2)35(30,31)10-17-28-27-16(5-14-8-34-9-14)29(17)18-20(32-3)25-11-26-21(18)33-4/h6-7,11-14H,5,8-10H2,1-4H3/t12-,13-/m0/s1. The molecule has 0 radical (unpaired) electrons. The molecular weight excluding hydrogens is 498 g/mol. The minimum absolute atomic E-state index is 0.197. The van der Waals surface area contributed by atoms with Crippen molar-refractivity contribution in [2.45, 2.75) is 37.2 Å². The maximum atomic E-state index is 13.5. The summed E-state index contributed by atoms with van der Waals surface area (Å²) < 4.78 is 44.8. The van der Waals surface area contributed by atoms with E-state index in [9.17, 15) is 8.42 Å². The molecule has 0 saturated carbocycles. The Morgan fingerprint density at radius 1 is 1.06 bits per heavy atom. The summed E-state index contributed by atoms with van der Waals surface area (Å²) in [6.07, 6.45) is 4.72. The molecule has 0 amide bonds. The van der Waals surface area contributed by atoms with E-state index >= 15 is 0 Å². The zero-order chi connectivity index (χ0) is 25.2. The minimum atomic E-state index is -3.73. The molecule has 0 aromatic carbocycles. The van der Waals surface area contributed by atoms with Crippen LogP contribution in [-0.4, -0.2) is 75.8 Å². The van der Waals surface area contributed by atoms with Crippen molar-refractivity contribution >= 4 is 21.4 Å². The van der Waals surface area contributed by atoms with Crippen molar-refractivity contribution in [1.82, 2.24) is 34.7 Å². The average Bonchev–Trinajstić information content (AvgIpc) is 3.21. The van der Waals surface area contributed by atoms with Crippen LogP contribution in [0.5, 0.6) is 11.8 Å². The van der Waals surface area contributed by atoms with E-state index in [1.165, 1.54) is 32.9 Å². The van der Waals surface area contributed by atoms with Crippen LogP contribution in [0.3, 0.4) is 0 Å². The molecule has 1 aliphatic heterocycles. The smallest absolute Gasteiger partial charge is 0.245 e. The number of hydrogen-bond acceptors (Lipinski definition) is 11. The fourth-order valence-corrected chi connectivity index (χ4v) is 5.38. The number of nitrogens with zero attached hydrogens (tertiary/aromatic N) is 7. The third-order valence-corrected chi connectivity index (χ3v) is 8.39. The molecule has 2 atom stereocenters. The highest BCUT2D eigenvalue weighted by molar-refractivity contribution is 7.91. The van der Waals surface area contributed by atoms with Crippen LogP contribution in [0.2, 0.25) is 5.02 Å². The van der Waals surface area contributed by atoms with E-state index in [1.807, 2.05) is 0 Å². The molecule has 12 nitrogen and oxygen atoms in total. The van der Waals surface area contributed by atoms with Gasteiger partial charge >= 0.3 is 0 Å². The lowest BCUT2D eigenvalue weighted by molar-refractivity contribution is -0.0322. The predicted molar refractivity (Wildman–Crippen MR) is 126 cm³/mol. The summed E-state index contributed by atoms with van der Waals surface area (Å²) in [5.41, 5.74) is 0.338. The number of aromatic nitrogens is 7. The second-order valence-corrected chi connectivity index (χ2v) is 11.1. The van der Waals surface area contributed by atoms with Gasteiger partial charge in [0, 0.05) is 30.7 Å². The first-order chi connectivity index (χ1) is 16.7. The quantitative estimate of drug-likeness (QED) is 0.383. The largest absolute Gasteiger partial charge is 0.479 e. The van der Waals surface area contributed by atoms with Crippen LogP contribution >= 0.6 is 11.6 Å². The van der Waals surface area contributed by atoms with E-state index < -0.39 is 21.0 Å². The molecule has 4 heterocycles. The van der Waals surface area contributed by atoms with E-state index in [4.69, 9.17) is 25.8 Å². The maximum absolute atomic E-state index is 13.5. The Balaban J connectivity index is 1.73. The van der Waals surface area contributed by atoms with Gasteiger partial charge in [-0.25, -0.2) is 18.4 Å². The minimum Gasteiger partial charge on any atom is -0.479 e. The number of hydrogen-bond donors (Lipinski definition) is 0. The van der Waals surface area contributed by atoms with Crippen LogP contribution < -0.4 is 9.47 Å². The lowest BCUT2D eigenvalue weighted by Gasteiger charge is -2.26. The molecule has 35 heavy (non-hydrogen) atoms. The monoisotopic (exact) mass is 523 g/mol. The van der Waals surface area contributed by atoms with Crippen LogP contribution in [0.4, 0.5) is 0 Å². The second kappa shape index (κ2) is 10.4. The van der Waals surface area contributed by atoms with E-state index in [2.05, 4.69) is 30.1 Å². The Bertz CT molecular complexity index is 1260. The molecule has 0 bridgehead atoms.